The van der Waals surface area contributed by atoms with Crippen LogP contribution >= 0.6 is 0 Å². The second-order valence-electron chi connectivity index (χ2n) is 2.80. The molecule has 0 aromatic heterocycles. The summed E-state index contributed by atoms with van der Waals surface area (Å²) in [6.07, 6.45) is 0.781. The first kappa shape index (κ1) is 8.87. The van der Waals surface area contributed by atoms with Gasteiger partial charge in [0, 0.05) is 12.1 Å². The maximum atomic E-state index is 9.12. The van der Waals surface area contributed by atoms with Crippen LogP contribution in [0.1, 0.15) is 24.9 Å². The van der Waals surface area contributed by atoms with Gasteiger partial charge in [-0.25, -0.2) is 0 Å². The van der Waals surface area contributed by atoms with Crippen LogP contribution in [0.5, 0.6) is 11.5 Å². The zero-order chi connectivity index (χ0) is 9.14. The summed E-state index contributed by atoms with van der Waals surface area (Å²) in [7, 11) is 0. The van der Waals surface area contributed by atoms with Gasteiger partial charge in [0.05, 0.1) is 0 Å². The highest BCUT2D eigenvalue weighted by Crippen LogP contribution is 2.24. The summed E-state index contributed by atoms with van der Waals surface area (Å²) >= 11 is 0. The molecule has 1 aromatic rings. The largest absolute Gasteiger partial charge is 0.508 e. The number of phenols is 2. The van der Waals surface area contributed by atoms with Gasteiger partial charge in [0.15, 0.2) is 0 Å². The number of aromatic hydroxyl groups is 2. The Morgan fingerprint density at radius 3 is 2.17 bits per heavy atom. The van der Waals surface area contributed by atoms with E-state index in [-0.39, 0.29) is 17.5 Å². The van der Waals surface area contributed by atoms with Gasteiger partial charge >= 0.3 is 0 Å². The Bertz CT molecular complexity index is 253. The first-order valence-corrected chi connectivity index (χ1v) is 3.92. The average molecular weight is 167 g/mol. The standard InChI is InChI=1S/C9H13NO2/c1-2-9(10)6-3-7(11)5-8(12)4-6/h3-5,9,11-12H,2,10H2,1H3. The molecule has 4 N–H and O–H groups in total. The van der Waals surface area contributed by atoms with Gasteiger partial charge in [0.1, 0.15) is 11.5 Å². The molecule has 0 saturated heterocycles. The van der Waals surface area contributed by atoms with E-state index in [2.05, 4.69) is 0 Å². The van der Waals surface area contributed by atoms with E-state index in [1.165, 1.54) is 6.07 Å². The molecule has 1 rings (SSSR count). The van der Waals surface area contributed by atoms with Crippen molar-refractivity contribution in [1.82, 2.24) is 0 Å². The second kappa shape index (κ2) is 3.45. The van der Waals surface area contributed by atoms with Crippen molar-refractivity contribution in [3.63, 3.8) is 0 Å². The number of hydrogen-bond acceptors (Lipinski definition) is 3. The quantitative estimate of drug-likeness (QED) is 0.625. The van der Waals surface area contributed by atoms with Crippen LogP contribution in [0.3, 0.4) is 0 Å². The topological polar surface area (TPSA) is 66.5 Å². The minimum absolute atomic E-state index is 0.0499. The van der Waals surface area contributed by atoms with E-state index in [4.69, 9.17) is 15.9 Å². The van der Waals surface area contributed by atoms with E-state index in [9.17, 15) is 0 Å². The summed E-state index contributed by atoms with van der Waals surface area (Å²) in [6.45, 7) is 1.95. The van der Waals surface area contributed by atoms with Crippen LogP contribution in [-0.4, -0.2) is 10.2 Å². The van der Waals surface area contributed by atoms with Crippen molar-refractivity contribution >= 4 is 0 Å². The van der Waals surface area contributed by atoms with Gasteiger partial charge in [-0.2, -0.15) is 0 Å². The van der Waals surface area contributed by atoms with Crippen LogP contribution < -0.4 is 5.73 Å². The molecule has 0 saturated carbocycles. The predicted octanol–water partition coefficient (Wildman–Crippen LogP) is 1.51. The molecule has 1 atom stereocenters. The molecule has 0 heterocycles. The van der Waals surface area contributed by atoms with E-state index in [0.29, 0.717) is 0 Å². The van der Waals surface area contributed by atoms with E-state index in [1.807, 2.05) is 6.92 Å². The fourth-order valence-corrected chi connectivity index (χ4v) is 1.07. The first-order valence-electron chi connectivity index (χ1n) is 3.92. The molecule has 12 heavy (non-hydrogen) atoms. The fourth-order valence-electron chi connectivity index (χ4n) is 1.07. The third-order valence-electron chi connectivity index (χ3n) is 1.79. The molecule has 1 unspecified atom stereocenters. The number of phenolic OH excluding ortho intramolecular Hbond substituents is 2. The van der Waals surface area contributed by atoms with Gasteiger partial charge in [0.25, 0.3) is 0 Å². The second-order valence-corrected chi connectivity index (χ2v) is 2.80. The Morgan fingerprint density at radius 2 is 1.75 bits per heavy atom. The highest BCUT2D eigenvalue weighted by atomic mass is 16.3. The third-order valence-corrected chi connectivity index (χ3v) is 1.79. The van der Waals surface area contributed by atoms with Crippen LogP contribution in [0.15, 0.2) is 18.2 Å². The first-order chi connectivity index (χ1) is 5.63. The van der Waals surface area contributed by atoms with E-state index < -0.39 is 0 Å². The SMILES string of the molecule is CCC(N)c1cc(O)cc(O)c1. The minimum Gasteiger partial charge on any atom is -0.508 e. The maximum Gasteiger partial charge on any atom is 0.119 e. The zero-order valence-electron chi connectivity index (χ0n) is 6.99. The summed E-state index contributed by atoms with van der Waals surface area (Å²) < 4.78 is 0. The normalized spacial score (nSPS) is 12.8. The molecule has 0 amide bonds. The van der Waals surface area contributed by atoms with Gasteiger partial charge in [0.2, 0.25) is 0 Å². The van der Waals surface area contributed by atoms with Gasteiger partial charge < -0.3 is 15.9 Å². The lowest BCUT2D eigenvalue weighted by Gasteiger charge is -2.09. The summed E-state index contributed by atoms with van der Waals surface area (Å²) in [5.74, 6) is 0.0998. The van der Waals surface area contributed by atoms with Crippen LogP contribution in [0, 0.1) is 0 Å². The van der Waals surface area contributed by atoms with Crippen LogP contribution in [0.4, 0.5) is 0 Å². The Morgan fingerprint density at radius 1 is 1.25 bits per heavy atom. The number of nitrogens with two attached hydrogens (primary N) is 1. The van der Waals surface area contributed by atoms with Crippen LogP contribution in [0.25, 0.3) is 0 Å². The lowest BCUT2D eigenvalue weighted by Crippen LogP contribution is -2.07. The smallest absolute Gasteiger partial charge is 0.119 e. The summed E-state index contributed by atoms with van der Waals surface area (Å²) in [6, 6.07) is 4.29. The molecule has 0 aliphatic carbocycles. The number of benzene rings is 1. The van der Waals surface area contributed by atoms with Gasteiger partial charge in [-0.1, -0.05) is 6.92 Å². The molecule has 0 aliphatic heterocycles. The lowest BCUT2D eigenvalue weighted by atomic mass is 10.1. The van der Waals surface area contributed by atoms with Crippen LogP contribution in [0.2, 0.25) is 0 Å². The maximum absolute atomic E-state index is 9.12. The number of hydrogen-bond donors (Lipinski definition) is 3. The molecule has 0 bridgehead atoms. The Kier molecular flexibility index (Phi) is 2.55. The molecule has 66 valence electrons. The Labute approximate surface area is 71.5 Å². The van der Waals surface area contributed by atoms with E-state index >= 15 is 0 Å². The average Bonchev–Trinajstić information content (AvgIpc) is 2.01. The molecule has 3 heteroatoms. The highest BCUT2D eigenvalue weighted by Gasteiger charge is 2.05. The van der Waals surface area contributed by atoms with Crippen molar-refractivity contribution < 1.29 is 10.2 Å². The molecule has 1 aromatic carbocycles. The lowest BCUT2D eigenvalue weighted by molar-refractivity contribution is 0.447. The monoisotopic (exact) mass is 167 g/mol. The third kappa shape index (κ3) is 1.89. The van der Waals surface area contributed by atoms with Gasteiger partial charge in [-0.3, -0.25) is 0 Å². The summed E-state index contributed by atoms with van der Waals surface area (Å²) in [5, 5.41) is 18.2. The van der Waals surface area contributed by atoms with Crippen molar-refractivity contribution in [2.45, 2.75) is 19.4 Å². The molecular weight excluding hydrogens is 154 g/mol. The van der Waals surface area contributed by atoms with Crippen molar-refractivity contribution in [2.24, 2.45) is 5.73 Å². The Hall–Kier alpha value is -1.22. The molecule has 0 spiro atoms. The van der Waals surface area contributed by atoms with Crippen molar-refractivity contribution in [2.75, 3.05) is 0 Å². The fraction of sp³-hybridized carbons (Fsp3) is 0.333. The summed E-state index contributed by atoms with van der Waals surface area (Å²) in [5.41, 5.74) is 6.47. The highest BCUT2D eigenvalue weighted by molar-refractivity contribution is 5.37. The number of rotatable bonds is 2. The zero-order valence-corrected chi connectivity index (χ0v) is 6.99. The Balaban J connectivity index is 3.00. The molecule has 0 radical (unpaired) electrons. The van der Waals surface area contributed by atoms with Crippen molar-refractivity contribution in [1.29, 1.82) is 0 Å². The molecule has 0 fully saturated rings. The van der Waals surface area contributed by atoms with Crippen molar-refractivity contribution in [3.05, 3.63) is 23.8 Å². The van der Waals surface area contributed by atoms with Gasteiger partial charge in [-0.05, 0) is 24.1 Å². The van der Waals surface area contributed by atoms with E-state index in [0.717, 1.165) is 12.0 Å². The predicted molar refractivity (Wildman–Crippen MR) is 47.0 cm³/mol. The molecular formula is C9H13NO2. The van der Waals surface area contributed by atoms with Crippen molar-refractivity contribution in [3.8, 4) is 11.5 Å². The van der Waals surface area contributed by atoms with E-state index in [1.54, 1.807) is 12.1 Å². The minimum atomic E-state index is -0.122. The van der Waals surface area contributed by atoms with Gasteiger partial charge in [-0.15, -0.1) is 0 Å². The molecule has 0 aliphatic rings. The summed E-state index contributed by atoms with van der Waals surface area (Å²) in [4.78, 5) is 0. The molecule has 3 nitrogen and oxygen atoms in total. The van der Waals surface area contributed by atoms with Crippen LogP contribution in [-0.2, 0) is 0 Å².